The Kier molecular flexibility index (Phi) is 3.23. The first-order valence-electron chi connectivity index (χ1n) is 4.70. The second-order valence-corrected chi connectivity index (χ2v) is 3.35. The van der Waals surface area contributed by atoms with Crippen LogP contribution in [-0.2, 0) is 9.59 Å². The minimum absolute atomic E-state index is 0.245. The number of amides is 1. The van der Waals surface area contributed by atoms with Crippen molar-refractivity contribution >= 4 is 11.7 Å². The van der Waals surface area contributed by atoms with Crippen molar-refractivity contribution < 1.29 is 9.59 Å². The van der Waals surface area contributed by atoms with Gasteiger partial charge in [-0.15, -0.1) is 0 Å². The third-order valence-electron chi connectivity index (χ3n) is 2.19. The first-order chi connectivity index (χ1) is 6.16. The van der Waals surface area contributed by atoms with Gasteiger partial charge in [-0.3, -0.25) is 9.59 Å². The Hall–Kier alpha value is -1.12. The summed E-state index contributed by atoms with van der Waals surface area (Å²) in [6.07, 6.45) is 5.47. The second-order valence-electron chi connectivity index (χ2n) is 3.35. The maximum atomic E-state index is 11.4. The number of hydrogen-bond acceptors (Lipinski definition) is 2. The Morgan fingerprint density at radius 2 is 2.15 bits per heavy atom. The molecule has 72 valence electrons. The van der Waals surface area contributed by atoms with Crippen LogP contribution in [0.5, 0.6) is 0 Å². The Morgan fingerprint density at radius 1 is 1.46 bits per heavy atom. The smallest absolute Gasteiger partial charge is 0.294 e. The highest BCUT2D eigenvalue weighted by molar-refractivity contribution is 6.38. The molecule has 1 aliphatic rings. The van der Waals surface area contributed by atoms with Gasteiger partial charge in [-0.05, 0) is 6.42 Å². The normalized spacial score (nSPS) is 22.6. The third-order valence-corrected chi connectivity index (χ3v) is 2.19. The third kappa shape index (κ3) is 2.17. The van der Waals surface area contributed by atoms with Crippen molar-refractivity contribution in [3.63, 3.8) is 0 Å². The highest BCUT2D eigenvalue weighted by Gasteiger charge is 2.27. The van der Waals surface area contributed by atoms with Gasteiger partial charge in [0.15, 0.2) is 0 Å². The number of carbonyl (C=O) groups is 2. The number of unbranched alkanes of at least 4 members (excludes halogenated alkanes) is 1. The predicted molar refractivity (Wildman–Crippen MR) is 49.9 cm³/mol. The van der Waals surface area contributed by atoms with Gasteiger partial charge in [-0.2, -0.15) is 0 Å². The van der Waals surface area contributed by atoms with Gasteiger partial charge < -0.3 is 4.90 Å². The predicted octanol–water partition coefficient (Wildman–Crippen LogP) is 1.35. The zero-order valence-corrected chi connectivity index (χ0v) is 8.12. The molecular formula is C10H15NO2. The molecule has 0 N–H and O–H groups in total. The fraction of sp³-hybridized carbons (Fsp3) is 0.600. The topological polar surface area (TPSA) is 37.4 Å². The molecule has 0 fully saturated rings. The Bertz CT molecular complexity index is 245. The van der Waals surface area contributed by atoms with Crippen molar-refractivity contribution in [1.29, 1.82) is 0 Å². The molecule has 3 nitrogen and oxygen atoms in total. The molecule has 1 rings (SSSR count). The Labute approximate surface area is 78.4 Å². The number of Topliss-reactive ketones (excluding diaryl/α,β-unsaturated/α-hetero) is 1. The van der Waals surface area contributed by atoms with Crippen LogP contribution in [0.4, 0.5) is 0 Å². The average Bonchev–Trinajstić information content (AvgIpc) is 2.13. The van der Waals surface area contributed by atoms with Gasteiger partial charge in [0.1, 0.15) is 0 Å². The van der Waals surface area contributed by atoms with Crippen LogP contribution in [0.3, 0.4) is 0 Å². The first-order valence-corrected chi connectivity index (χ1v) is 4.70. The van der Waals surface area contributed by atoms with Crippen molar-refractivity contribution in [3.8, 4) is 0 Å². The van der Waals surface area contributed by atoms with E-state index in [1.165, 1.54) is 4.90 Å². The molecule has 0 aromatic heterocycles. The number of rotatable bonds is 3. The molecule has 13 heavy (non-hydrogen) atoms. The lowest BCUT2D eigenvalue weighted by molar-refractivity contribution is -0.145. The van der Waals surface area contributed by atoms with E-state index in [1.54, 1.807) is 19.2 Å². The van der Waals surface area contributed by atoms with Crippen LogP contribution in [0.1, 0.15) is 26.7 Å². The van der Waals surface area contributed by atoms with E-state index in [0.29, 0.717) is 6.54 Å². The average molecular weight is 181 g/mol. The molecule has 0 aliphatic carbocycles. The fourth-order valence-corrected chi connectivity index (χ4v) is 1.23. The summed E-state index contributed by atoms with van der Waals surface area (Å²) >= 11 is 0. The quantitative estimate of drug-likeness (QED) is 0.616. The Balaban J connectivity index is 2.62. The molecule has 0 radical (unpaired) electrons. The van der Waals surface area contributed by atoms with E-state index in [4.69, 9.17) is 0 Å². The van der Waals surface area contributed by atoms with Gasteiger partial charge in [0, 0.05) is 18.7 Å². The largest absolute Gasteiger partial charge is 0.313 e. The number of carbonyl (C=O) groups excluding carboxylic acids is 2. The van der Waals surface area contributed by atoms with Crippen LogP contribution in [0, 0.1) is 5.92 Å². The van der Waals surface area contributed by atoms with E-state index in [1.807, 2.05) is 0 Å². The summed E-state index contributed by atoms with van der Waals surface area (Å²) < 4.78 is 0. The van der Waals surface area contributed by atoms with E-state index in [2.05, 4.69) is 6.92 Å². The van der Waals surface area contributed by atoms with Crippen LogP contribution in [0.25, 0.3) is 0 Å². The maximum Gasteiger partial charge on any atom is 0.294 e. The van der Waals surface area contributed by atoms with Crippen LogP contribution >= 0.6 is 0 Å². The molecule has 0 aromatic carbocycles. The monoisotopic (exact) mass is 181 g/mol. The highest BCUT2D eigenvalue weighted by Crippen LogP contribution is 2.11. The summed E-state index contributed by atoms with van der Waals surface area (Å²) in [5, 5.41) is 0. The SMILES string of the molecule is CCCCN1C=CC(C)C(=O)C1=O. The van der Waals surface area contributed by atoms with Crippen molar-refractivity contribution in [2.75, 3.05) is 6.54 Å². The summed E-state index contributed by atoms with van der Waals surface area (Å²) in [4.78, 5) is 24.1. The molecular weight excluding hydrogens is 166 g/mol. The van der Waals surface area contributed by atoms with Crippen LogP contribution in [0.15, 0.2) is 12.3 Å². The van der Waals surface area contributed by atoms with E-state index in [0.717, 1.165) is 12.8 Å². The van der Waals surface area contributed by atoms with Gasteiger partial charge in [-0.25, -0.2) is 0 Å². The Morgan fingerprint density at radius 3 is 2.77 bits per heavy atom. The standard InChI is InChI=1S/C10H15NO2/c1-3-4-6-11-7-5-8(2)9(12)10(11)13/h5,7-8H,3-4,6H2,1-2H3. The zero-order valence-electron chi connectivity index (χ0n) is 8.12. The highest BCUT2D eigenvalue weighted by atomic mass is 16.2. The van der Waals surface area contributed by atoms with Gasteiger partial charge >= 0.3 is 0 Å². The van der Waals surface area contributed by atoms with Gasteiger partial charge in [-0.1, -0.05) is 26.3 Å². The molecule has 0 saturated carbocycles. The van der Waals surface area contributed by atoms with E-state index >= 15 is 0 Å². The molecule has 0 spiro atoms. The minimum Gasteiger partial charge on any atom is -0.313 e. The summed E-state index contributed by atoms with van der Waals surface area (Å²) in [6, 6.07) is 0. The number of nitrogens with zero attached hydrogens (tertiary/aromatic N) is 1. The number of hydrogen-bond donors (Lipinski definition) is 0. The number of allylic oxidation sites excluding steroid dienone is 1. The summed E-state index contributed by atoms with van der Waals surface area (Å²) in [5.41, 5.74) is 0. The molecule has 1 unspecified atom stereocenters. The maximum absolute atomic E-state index is 11.4. The summed E-state index contributed by atoms with van der Waals surface area (Å²) in [7, 11) is 0. The second kappa shape index (κ2) is 4.21. The van der Waals surface area contributed by atoms with Crippen molar-refractivity contribution in [2.45, 2.75) is 26.7 Å². The van der Waals surface area contributed by atoms with Crippen molar-refractivity contribution in [3.05, 3.63) is 12.3 Å². The molecule has 1 atom stereocenters. The molecule has 3 heteroatoms. The van der Waals surface area contributed by atoms with E-state index in [9.17, 15) is 9.59 Å². The first kappa shape index (κ1) is 9.96. The van der Waals surface area contributed by atoms with E-state index in [-0.39, 0.29) is 17.6 Å². The number of ketones is 1. The van der Waals surface area contributed by atoms with Crippen LogP contribution in [0.2, 0.25) is 0 Å². The van der Waals surface area contributed by atoms with Gasteiger partial charge in [0.05, 0.1) is 0 Å². The fourth-order valence-electron chi connectivity index (χ4n) is 1.23. The zero-order chi connectivity index (χ0) is 9.84. The van der Waals surface area contributed by atoms with Gasteiger partial charge in [0.25, 0.3) is 5.91 Å². The molecule has 0 aromatic rings. The summed E-state index contributed by atoms with van der Waals surface area (Å²) in [5.74, 6) is -0.896. The molecule has 1 amide bonds. The van der Waals surface area contributed by atoms with Crippen molar-refractivity contribution in [1.82, 2.24) is 4.90 Å². The van der Waals surface area contributed by atoms with Crippen LogP contribution in [-0.4, -0.2) is 23.1 Å². The lowest BCUT2D eigenvalue weighted by Gasteiger charge is -2.22. The van der Waals surface area contributed by atoms with Crippen molar-refractivity contribution in [2.24, 2.45) is 5.92 Å². The minimum atomic E-state index is -0.358. The summed E-state index contributed by atoms with van der Waals surface area (Å²) in [6.45, 7) is 4.46. The lowest BCUT2D eigenvalue weighted by Crippen LogP contribution is -2.39. The molecule has 1 heterocycles. The van der Waals surface area contributed by atoms with E-state index < -0.39 is 0 Å². The molecule has 1 aliphatic heterocycles. The lowest BCUT2D eigenvalue weighted by atomic mass is 10.0. The van der Waals surface area contributed by atoms with Gasteiger partial charge in [0.2, 0.25) is 5.78 Å². The van der Waals surface area contributed by atoms with Crippen LogP contribution < -0.4 is 0 Å². The molecule has 0 bridgehead atoms. The molecule has 0 saturated heterocycles.